The number of nitrogens with one attached hydrogen (secondary N) is 1. The molecule has 2 N–H and O–H groups in total. The Bertz CT molecular complexity index is 474. The van der Waals surface area contributed by atoms with Crippen LogP contribution in [-0.4, -0.2) is 34.6 Å². The van der Waals surface area contributed by atoms with Gasteiger partial charge in [-0.2, -0.15) is 0 Å². The van der Waals surface area contributed by atoms with Crippen molar-refractivity contribution in [2.75, 3.05) is 6.54 Å². The Morgan fingerprint density at radius 1 is 1.35 bits per heavy atom. The fraction of sp³-hybridized carbons (Fsp3) is 0.467. The van der Waals surface area contributed by atoms with Crippen LogP contribution in [0.1, 0.15) is 43.1 Å². The van der Waals surface area contributed by atoms with Crippen LogP contribution in [0.3, 0.4) is 0 Å². The van der Waals surface area contributed by atoms with Gasteiger partial charge in [0.2, 0.25) is 0 Å². The average Bonchev–Trinajstić information content (AvgIpc) is 2.45. The monoisotopic (exact) mass is 278 g/mol. The molecule has 0 aliphatic rings. The highest BCUT2D eigenvalue weighted by Gasteiger charge is 2.16. The first-order chi connectivity index (χ1) is 9.49. The summed E-state index contributed by atoms with van der Waals surface area (Å²) >= 11 is 0. The molecule has 0 heterocycles. The molecule has 1 aromatic carbocycles. The number of carboxylic acid groups (broad SMARTS) is 1. The van der Waals surface area contributed by atoms with Gasteiger partial charge in [0.05, 0.1) is 5.56 Å². The molecule has 0 radical (unpaired) electrons. The first-order valence-electron chi connectivity index (χ1n) is 6.86. The lowest BCUT2D eigenvalue weighted by molar-refractivity contribution is 0.0696. The molecule has 5 heteroatoms. The second-order valence-electron chi connectivity index (χ2n) is 4.71. The molecule has 0 aliphatic carbocycles. The maximum absolute atomic E-state index is 12.1. The summed E-state index contributed by atoms with van der Waals surface area (Å²) in [6.45, 7) is 6.96. The fourth-order valence-electron chi connectivity index (χ4n) is 1.97. The number of aromatic carboxylic acids is 1. The molecule has 1 unspecified atom stereocenters. The van der Waals surface area contributed by atoms with Gasteiger partial charge in [0.25, 0.3) is 0 Å². The summed E-state index contributed by atoms with van der Waals surface area (Å²) in [4.78, 5) is 24.7. The number of hydrogen-bond acceptors (Lipinski definition) is 2. The lowest BCUT2D eigenvalue weighted by Gasteiger charge is -2.27. The van der Waals surface area contributed by atoms with Crippen LogP contribution in [0.5, 0.6) is 0 Å². The van der Waals surface area contributed by atoms with Crippen LogP contribution >= 0.6 is 0 Å². The van der Waals surface area contributed by atoms with Crippen molar-refractivity contribution in [3.63, 3.8) is 0 Å². The van der Waals surface area contributed by atoms with E-state index in [4.69, 9.17) is 5.11 Å². The maximum atomic E-state index is 12.1. The smallest absolute Gasteiger partial charge is 0.335 e. The summed E-state index contributed by atoms with van der Waals surface area (Å²) in [5, 5.41) is 11.7. The summed E-state index contributed by atoms with van der Waals surface area (Å²) in [5.41, 5.74) is 1.00. The number of amides is 2. The number of rotatable bonds is 6. The second-order valence-corrected chi connectivity index (χ2v) is 4.71. The zero-order chi connectivity index (χ0) is 15.1. The van der Waals surface area contributed by atoms with E-state index in [0.29, 0.717) is 13.1 Å². The Kier molecular flexibility index (Phi) is 6.03. The molecule has 0 aromatic heterocycles. The third kappa shape index (κ3) is 4.26. The molecule has 20 heavy (non-hydrogen) atoms. The SMILES string of the molecule is CCC(C)N(CC)C(=O)NCc1cccc(C(=O)O)c1. The minimum absolute atomic E-state index is 0.123. The fourth-order valence-corrected chi connectivity index (χ4v) is 1.97. The van der Waals surface area contributed by atoms with Crippen molar-refractivity contribution >= 4 is 12.0 Å². The number of benzene rings is 1. The molecule has 1 atom stereocenters. The van der Waals surface area contributed by atoms with Crippen LogP contribution in [0.4, 0.5) is 4.79 Å². The van der Waals surface area contributed by atoms with Gasteiger partial charge in [-0.25, -0.2) is 9.59 Å². The first-order valence-corrected chi connectivity index (χ1v) is 6.86. The van der Waals surface area contributed by atoms with E-state index in [9.17, 15) is 9.59 Å². The van der Waals surface area contributed by atoms with Crippen LogP contribution in [0.2, 0.25) is 0 Å². The third-order valence-electron chi connectivity index (χ3n) is 3.34. The van der Waals surface area contributed by atoms with E-state index in [-0.39, 0.29) is 17.6 Å². The van der Waals surface area contributed by atoms with Crippen molar-refractivity contribution in [3.8, 4) is 0 Å². The second kappa shape index (κ2) is 7.53. The normalized spacial score (nSPS) is 11.8. The largest absolute Gasteiger partial charge is 0.478 e. The van der Waals surface area contributed by atoms with E-state index < -0.39 is 5.97 Å². The maximum Gasteiger partial charge on any atom is 0.335 e. The van der Waals surface area contributed by atoms with Gasteiger partial charge in [-0.15, -0.1) is 0 Å². The van der Waals surface area contributed by atoms with Gasteiger partial charge < -0.3 is 15.3 Å². The summed E-state index contributed by atoms with van der Waals surface area (Å²) < 4.78 is 0. The highest BCUT2D eigenvalue weighted by Crippen LogP contribution is 2.07. The number of hydrogen-bond donors (Lipinski definition) is 2. The molecule has 0 fully saturated rings. The van der Waals surface area contributed by atoms with Gasteiger partial charge in [0.15, 0.2) is 0 Å². The molecular weight excluding hydrogens is 256 g/mol. The Hall–Kier alpha value is -2.04. The summed E-state index contributed by atoms with van der Waals surface area (Å²) in [6.07, 6.45) is 0.899. The predicted molar refractivity (Wildman–Crippen MR) is 77.8 cm³/mol. The van der Waals surface area contributed by atoms with E-state index in [2.05, 4.69) is 5.32 Å². The predicted octanol–water partition coefficient (Wildman–Crippen LogP) is 2.71. The topological polar surface area (TPSA) is 69.6 Å². The first kappa shape index (κ1) is 16.0. The van der Waals surface area contributed by atoms with E-state index in [0.717, 1.165) is 12.0 Å². The van der Waals surface area contributed by atoms with Gasteiger partial charge >= 0.3 is 12.0 Å². The number of urea groups is 1. The van der Waals surface area contributed by atoms with Gasteiger partial charge in [0, 0.05) is 19.1 Å². The van der Waals surface area contributed by atoms with Crippen molar-refractivity contribution < 1.29 is 14.7 Å². The summed E-state index contributed by atoms with van der Waals surface area (Å²) in [5.74, 6) is -0.965. The molecule has 1 rings (SSSR count). The molecule has 0 aliphatic heterocycles. The Balaban J connectivity index is 2.64. The Morgan fingerprint density at radius 3 is 2.60 bits per heavy atom. The quantitative estimate of drug-likeness (QED) is 0.840. The lowest BCUT2D eigenvalue weighted by atomic mass is 10.1. The van der Waals surface area contributed by atoms with Crippen LogP contribution in [0.25, 0.3) is 0 Å². The van der Waals surface area contributed by atoms with Gasteiger partial charge in [0.1, 0.15) is 0 Å². The van der Waals surface area contributed by atoms with Crippen LogP contribution in [0.15, 0.2) is 24.3 Å². The molecule has 110 valence electrons. The van der Waals surface area contributed by atoms with E-state index >= 15 is 0 Å². The number of nitrogens with zero attached hydrogens (tertiary/aromatic N) is 1. The standard InChI is InChI=1S/C15H22N2O3/c1-4-11(3)17(5-2)15(20)16-10-12-7-6-8-13(9-12)14(18)19/h6-9,11H,4-5,10H2,1-3H3,(H,16,20)(H,18,19). The third-order valence-corrected chi connectivity index (χ3v) is 3.34. The Morgan fingerprint density at radius 2 is 2.05 bits per heavy atom. The Labute approximate surface area is 119 Å². The minimum atomic E-state index is -0.965. The highest BCUT2D eigenvalue weighted by atomic mass is 16.4. The molecule has 5 nitrogen and oxygen atoms in total. The molecule has 0 saturated carbocycles. The molecule has 2 amide bonds. The van der Waals surface area contributed by atoms with Crippen molar-refractivity contribution in [3.05, 3.63) is 35.4 Å². The van der Waals surface area contributed by atoms with Crippen LogP contribution in [0, 0.1) is 0 Å². The lowest BCUT2D eigenvalue weighted by Crippen LogP contribution is -2.44. The average molecular weight is 278 g/mol. The van der Waals surface area contributed by atoms with E-state index in [1.54, 1.807) is 23.1 Å². The van der Waals surface area contributed by atoms with Crippen molar-refractivity contribution in [2.24, 2.45) is 0 Å². The van der Waals surface area contributed by atoms with Crippen LogP contribution in [-0.2, 0) is 6.54 Å². The highest BCUT2D eigenvalue weighted by molar-refractivity contribution is 5.87. The molecule has 1 aromatic rings. The number of carbonyl (C=O) groups is 2. The van der Waals surface area contributed by atoms with E-state index in [1.807, 2.05) is 20.8 Å². The van der Waals surface area contributed by atoms with E-state index in [1.165, 1.54) is 6.07 Å². The van der Waals surface area contributed by atoms with Crippen LogP contribution < -0.4 is 5.32 Å². The molecule has 0 saturated heterocycles. The summed E-state index contributed by atoms with van der Waals surface area (Å²) in [6, 6.07) is 6.64. The summed E-state index contributed by atoms with van der Waals surface area (Å²) in [7, 11) is 0. The minimum Gasteiger partial charge on any atom is -0.478 e. The van der Waals surface area contributed by atoms with Gasteiger partial charge in [-0.05, 0) is 38.0 Å². The van der Waals surface area contributed by atoms with Crippen molar-refractivity contribution in [1.82, 2.24) is 10.2 Å². The van der Waals surface area contributed by atoms with Gasteiger partial charge in [-0.1, -0.05) is 19.1 Å². The molecule has 0 bridgehead atoms. The number of carboxylic acids is 1. The zero-order valence-electron chi connectivity index (χ0n) is 12.2. The van der Waals surface area contributed by atoms with Crippen molar-refractivity contribution in [2.45, 2.75) is 39.8 Å². The molecular formula is C15H22N2O3. The zero-order valence-corrected chi connectivity index (χ0v) is 12.2. The van der Waals surface area contributed by atoms with Gasteiger partial charge in [-0.3, -0.25) is 0 Å². The number of carbonyl (C=O) groups excluding carboxylic acids is 1. The molecule has 0 spiro atoms. The van der Waals surface area contributed by atoms with Crippen molar-refractivity contribution in [1.29, 1.82) is 0 Å².